The van der Waals surface area contributed by atoms with Crippen molar-refractivity contribution >= 4 is 0 Å². The average Bonchev–Trinajstić information content (AvgIpc) is 1.88. The topological polar surface area (TPSA) is 9.23 Å². The van der Waals surface area contributed by atoms with Crippen molar-refractivity contribution in [3.8, 4) is 0 Å². The number of hydrogen-bond donors (Lipinski definition) is 0. The lowest BCUT2D eigenvalue weighted by Crippen LogP contribution is -1.95. The molecule has 0 spiro atoms. The smallest absolute Gasteiger partial charge is 0.0965 e. The van der Waals surface area contributed by atoms with Gasteiger partial charge in [0.1, 0.15) is 0 Å². The molecule has 0 fully saturated rings. The molecule has 0 aromatic carbocycles. The standard InChI is InChI=1S/C9H14O/c1-3-10-9-6-4-5-8(2)7-9/h5,7H,3-4,6H2,1-2H3. The van der Waals surface area contributed by atoms with Crippen LogP contribution < -0.4 is 0 Å². The molecule has 1 aliphatic carbocycles. The van der Waals surface area contributed by atoms with E-state index in [1.165, 1.54) is 5.57 Å². The van der Waals surface area contributed by atoms with Crippen LogP contribution in [-0.4, -0.2) is 6.61 Å². The Hall–Kier alpha value is -0.720. The average molecular weight is 138 g/mol. The molecule has 0 aromatic rings. The zero-order chi connectivity index (χ0) is 7.40. The molecule has 0 atom stereocenters. The highest BCUT2D eigenvalue weighted by atomic mass is 16.5. The van der Waals surface area contributed by atoms with Gasteiger partial charge in [-0.3, -0.25) is 0 Å². The molecule has 0 heterocycles. The van der Waals surface area contributed by atoms with E-state index in [9.17, 15) is 0 Å². The number of allylic oxidation sites excluding steroid dienone is 4. The molecule has 10 heavy (non-hydrogen) atoms. The first-order chi connectivity index (χ1) is 4.83. The molecule has 1 nitrogen and oxygen atoms in total. The van der Waals surface area contributed by atoms with E-state index >= 15 is 0 Å². The summed E-state index contributed by atoms with van der Waals surface area (Å²) < 4.78 is 5.37. The Morgan fingerprint density at radius 3 is 3.00 bits per heavy atom. The second-order valence-electron chi connectivity index (χ2n) is 2.53. The summed E-state index contributed by atoms with van der Waals surface area (Å²) in [6, 6.07) is 0. The van der Waals surface area contributed by atoms with Crippen LogP contribution in [-0.2, 0) is 4.74 Å². The first kappa shape index (κ1) is 7.39. The minimum Gasteiger partial charge on any atom is -0.498 e. The maximum atomic E-state index is 5.37. The highest BCUT2D eigenvalue weighted by Gasteiger charge is 2.01. The molecule has 0 bridgehead atoms. The highest BCUT2D eigenvalue weighted by Crippen LogP contribution is 2.17. The molecule has 0 N–H and O–H groups in total. The van der Waals surface area contributed by atoms with Crippen molar-refractivity contribution in [1.29, 1.82) is 0 Å². The van der Waals surface area contributed by atoms with Gasteiger partial charge in [0, 0.05) is 6.42 Å². The van der Waals surface area contributed by atoms with Crippen LogP contribution in [0.2, 0.25) is 0 Å². The Morgan fingerprint density at radius 2 is 2.40 bits per heavy atom. The fraction of sp³-hybridized carbons (Fsp3) is 0.556. The van der Waals surface area contributed by atoms with E-state index in [-0.39, 0.29) is 0 Å². The molecular formula is C9H14O. The van der Waals surface area contributed by atoms with Gasteiger partial charge in [0.05, 0.1) is 12.4 Å². The number of rotatable bonds is 2. The quantitative estimate of drug-likeness (QED) is 0.570. The van der Waals surface area contributed by atoms with Crippen molar-refractivity contribution < 1.29 is 4.74 Å². The van der Waals surface area contributed by atoms with E-state index in [1.54, 1.807) is 0 Å². The zero-order valence-electron chi connectivity index (χ0n) is 6.68. The van der Waals surface area contributed by atoms with Crippen molar-refractivity contribution in [2.45, 2.75) is 26.7 Å². The van der Waals surface area contributed by atoms with Crippen LogP contribution in [0.3, 0.4) is 0 Å². The van der Waals surface area contributed by atoms with E-state index in [2.05, 4.69) is 19.1 Å². The summed E-state index contributed by atoms with van der Waals surface area (Å²) in [5, 5.41) is 0. The van der Waals surface area contributed by atoms with Crippen molar-refractivity contribution in [2.75, 3.05) is 6.61 Å². The molecule has 1 heteroatoms. The molecule has 0 saturated carbocycles. The van der Waals surface area contributed by atoms with Gasteiger partial charge in [0.25, 0.3) is 0 Å². The van der Waals surface area contributed by atoms with Crippen LogP contribution in [0.25, 0.3) is 0 Å². The van der Waals surface area contributed by atoms with Gasteiger partial charge in [-0.2, -0.15) is 0 Å². The largest absolute Gasteiger partial charge is 0.498 e. The maximum Gasteiger partial charge on any atom is 0.0965 e. The lowest BCUT2D eigenvalue weighted by molar-refractivity contribution is 0.217. The van der Waals surface area contributed by atoms with E-state index in [0.717, 1.165) is 25.2 Å². The summed E-state index contributed by atoms with van der Waals surface area (Å²) in [7, 11) is 0. The third-order valence-corrected chi connectivity index (χ3v) is 1.58. The van der Waals surface area contributed by atoms with Crippen LogP contribution in [0.1, 0.15) is 26.7 Å². The van der Waals surface area contributed by atoms with Crippen molar-refractivity contribution in [2.24, 2.45) is 0 Å². The fourth-order valence-corrected chi connectivity index (χ4v) is 1.13. The van der Waals surface area contributed by atoms with E-state index in [4.69, 9.17) is 4.74 Å². The summed E-state index contributed by atoms with van der Waals surface area (Å²) >= 11 is 0. The second-order valence-corrected chi connectivity index (χ2v) is 2.53. The van der Waals surface area contributed by atoms with Crippen LogP contribution in [0.4, 0.5) is 0 Å². The summed E-state index contributed by atoms with van der Waals surface area (Å²) in [5.74, 6) is 1.14. The normalized spacial score (nSPS) is 17.8. The summed E-state index contributed by atoms with van der Waals surface area (Å²) in [4.78, 5) is 0. The summed E-state index contributed by atoms with van der Waals surface area (Å²) in [5.41, 5.74) is 1.33. The van der Waals surface area contributed by atoms with Gasteiger partial charge >= 0.3 is 0 Å². The maximum absolute atomic E-state index is 5.37. The van der Waals surface area contributed by atoms with Gasteiger partial charge in [-0.25, -0.2) is 0 Å². The van der Waals surface area contributed by atoms with Crippen LogP contribution in [0.5, 0.6) is 0 Å². The van der Waals surface area contributed by atoms with Crippen molar-refractivity contribution in [3.63, 3.8) is 0 Å². The Balaban J connectivity index is 2.51. The first-order valence-corrected chi connectivity index (χ1v) is 3.83. The second kappa shape index (κ2) is 3.45. The number of hydrogen-bond acceptors (Lipinski definition) is 1. The van der Waals surface area contributed by atoms with E-state index in [0.29, 0.717) is 0 Å². The zero-order valence-corrected chi connectivity index (χ0v) is 6.68. The highest BCUT2D eigenvalue weighted by molar-refractivity contribution is 5.22. The molecule has 0 aromatic heterocycles. The molecule has 0 saturated heterocycles. The van der Waals surface area contributed by atoms with E-state index < -0.39 is 0 Å². The van der Waals surface area contributed by atoms with Gasteiger partial charge in [-0.05, 0) is 26.3 Å². The molecule has 0 radical (unpaired) electrons. The first-order valence-electron chi connectivity index (χ1n) is 3.83. The Bertz CT molecular complexity index is 166. The molecule has 0 unspecified atom stereocenters. The minimum absolute atomic E-state index is 0.791. The third kappa shape index (κ3) is 1.90. The molecule has 1 aliphatic rings. The predicted octanol–water partition coefficient (Wildman–Crippen LogP) is 2.65. The summed E-state index contributed by atoms with van der Waals surface area (Å²) in [6.45, 7) is 4.92. The van der Waals surface area contributed by atoms with Crippen LogP contribution in [0.15, 0.2) is 23.5 Å². The molecule has 1 rings (SSSR count). The lowest BCUT2D eigenvalue weighted by atomic mass is 10.1. The fourth-order valence-electron chi connectivity index (χ4n) is 1.13. The Labute approximate surface area is 62.4 Å². The molecular weight excluding hydrogens is 124 g/mol. The van der Waals surface area contributed by atoms with Gasteiger partial charge in [-0.1, -0.05) is 11.6 Å². The van der Waals surface area contributed by atoms with Gasteiger partial charge < -0.3 is 4.74 Å². The Morgan fingerprint density at radius 1 is 1.60 bits per heavy atom. The Kier molecular flexibility index (Phi) is 2.55. The van der Waals surface area contributed by atoms with Crippen LogP contribution in [0, 0.1) is 0 Å². The number of ether oxygens (including phenoxy) is 1. The minimum atomic E-state index is 0.791. The van der Waals surface area contributed by atoms with E-state index in [1.807, 2.05) is 6.92 Å². The predicted molar refractivity (Wildman–Crippen MR) is 42.7 cm³/mol. The van der Waals surface area contributed by atoms with Gasteiger partial charge in [-0.15, -0.1) is 0 Å². The lowest BCUT2D eigenvalue weighted by Gasteiger charge is -2.11. The van der Waals surface area contributed by atoms with Gasteiger partial charge in [0.15, 0.2) is 0 Å². The molecule has 0 amide bonds. The van der Waals surface area contributed by atoms with Crippen molar-refractivity contribution in [3.05, 3.63) is 23.5 Å². The SMILES string of the molecule is CCOC1=CC(C)=CCC1. The molecule has 56 valence electrons. The summed E-state index contributed by atoms with van der Waals surface area (Å²) in [6.07, 6.45) is 6.57. The molecule has 0 aliphatic heterocycles. The van der Waals surface area contributed by atoms with Gasteiger partial charge in [0.2, 0.25) is 0 Å². The third-order valence-electron chi connectivity index (χ3n) is 1.58. The van der Waals surface area contributed by atoms with Crippen LogP contribution >= 0.6 is 0 Å². The monoisotopic (exact) mass is 138 g/mol. The van der Waals surface area contributed by atoms with Crippen molar-refractivity contribution in [1.82, 2.24) is 0 Å².